The number of carbonyl (C=O) groups excluding carboxylic acids is 1. The number of ether oxygens (including phenoxy) is 2. The van der Waals surface area contributed by atoms with Crippen LogP contribution in [0.4, 0.5) is 11.4 Å². The van der Waals surface area contributed by atoms with Crippen molar-refractivity contribution in [3.8, 4) is 11.5 Å². The number of hydrogen-bond acceptors (Lipinski definition) is 6. The van der Waals surface area contributed by atoms with E-state index >= 15 is 0 Å². The molecule has 1 aromatic carbocycles. The van der Waals surface area contributed by atoms with Crippen LogP contribution in [0.5, 0.6) is 11.5 Å². The Bertz CT molecular complexity index is 686. The fourth-order valence-corrected chi connectivity index (χ4v) is 4.19. The van der Waals surface area contributed by atoms with Crippen LogP contribution in [0.2, 0.25) is 0 Å². The number of carbonyl (C=O) groups is 1. The van der Waals surface area contributed by atoms with Crippen LogP contribution < -0.4 is 20.5 Å². The fraction of sp³-hybridized carbons (Fsp3) is 0.462. The normalized spacial score (nSPS) is 22.8. The second-order valence-electron chi connectivity index (χ2n) is 5.17. The first kappa shape index (κ1) is 14.0. The summed E-state index contributed by atoms with van der Waals surface area (Å²) in [5, 5.41) is 2.68. The van der Waals surface area contributed by atoms with E-state index in [-0.39, 0.29) is 17.4 Å². The molecule has 7 nitrogen and oxygen atoms in total. The minimum absolute atomic E-state index is 0.0572. The summed E-state index contributed by atoms with van der Waals surface area (Å²) in [6.07, 6.45) is 0.346. The van der Waals surface area contributed by atoms with Gasteiger partial charge in [0.1, 0.15) is 13.2 Å². The molecule has 2 heterocycles. The molecule has 1 atom stereocenters. The number of hydrogen-bond donors (Lipinski definition) is 2. The minimum Gasteiger partial charge on any atom is -0.486 e. The van der Waals surface area contributed by atoms with Crippen molar-refractivity contribution in [3.05, 3.63) is 12.1 Å². The zero-order valence-electron chi connectivity index (χ0n) is 11.3. The first-order valence-corrected chi connectivity index (χ1v) is 8.47. The molecule has 1 saturated heterocycles. The van der Waals surface area contributed by atoms with Crippen molar-refractivity contribution in [2.45, 2.75) is 6.42 Å². The molecule has 21 heavy (non-hydrogen) atoms. The molecule has 0 spiro atoms. The van der Waals surface area contributed by atoms with Gasteiger partial charge in [-0.05, 0) is 6.42 Å². The highest BCUT2D eigenvalue weighted by molar-refractivity contribution is 7.91. The number of benzene rings is 1. The van der Waals surface area contributed by atoms with Crippen LogP contribution in [0.1, 0.15) is 6.42 Å². The van der Waals surface area contributed by atoms with Crippen molar-refractivity contribution in [2.24, 2.45) is 5.92 Å². The van der Waals surface area contributed by atoms with Gasteiger partial charge >= 0.3 is 0 Å². The highest BCUT2D eigenvalue weighted by atomic mass is 32.2. The largest absolute Gasteiger partial charge is 0.486 e. The Morgan fingerprint density at radius 2 is 1.90 bits per heavy atom. The lowest BCUT2D eigenvalue weighted by Gasteiger charge is -2.20. The van der Waals surface area contributed by atoms with Crippen molar-refractivity contribution in [3.63, 3.8) is 0 Å². The number of anilines is 2. The number of nitrogens with one attached hydrogen (secondary N) is 1. The molecular weight excluding hydrogens is 296 g/mol. The molecule has 0 aromatic heterocycles. The zero-order chi connectivity index (χ0) is 15.0. The predicted octanol–water partition coefficient (Wildman–Crippen LogP) is 0.413. The van der Waals surface area contributed by atoms with Crippen LogP contribution in [0, 0.1) is 5.92 Å². The van der Waals surface area contributed by atoms with Gasteiger partial charge in [-0.1, -0.05) is 0 Å². The van der Waals surface area contributed by atoms with E-state index in [4.69, 9.17) is 15.2 Å². The second-order valence-corrected chi connectivity index (χ2v) is 7.40. The molecule has 3 rings (SSSR count). The van der Waals surface area contributed by atoms with Crippen molar-refractivity contribution >= 4 is 27.1 Å². The lowest BCUT2D eigenvalue weighted by atomic mass is 10.1. The molecule has 1 fully saturated rings. The van der Waals surface area contributed by atoms with Gasteiger partial charge in [0.25, 0.3) is 0 Å². The maximum atomic E-state index is 12.1. The van der Waals surface area contributed by atoms with Gasteiger partial charge in [-0.15, -0.1) is 0 Å². The average molecular weight is 312 g/mol. The lowest BCUT2D eigenvalue weighted by Crippen LogP contribution is -2.24. The summed E-state index contributed by atoms with van der Waals surface area (Å²) in [5.74, 6) is 0.150. The standard InChI is InChI=1S/C13H16N2O5S/c14-9-5-11-12(20-3-2-19-11)6-10(9)15-13(16)8-1-4-21(17,18)7-8/h5-6,8H,1-4,7,14H2,(H,15,16). The maximum Gasteiger partial charge on any atom is 0.228 e. The molecule has 0 radical (unpaired) electrons. The molecule has 114 valence electrons. The van der Waals surface area contributed by atoms with E-state index in [2.05, 4.69) is 5.32 Å². The molecule has 1 amide bonds. The Labute approximate surface area is 122 Å². The monoisotopic (exact) mass is 312 g/mol. The summed E-state index contributed by atoms with van der Waals surface area (Å²) in [6.45, 7) is 0.892. The lowest BCUT2D eigenvalue weighted by molar-refractivity contribution is -0.119. The molecule has 0 saturated carbocycles. The van der Waals surface area contributed by atoms with E-state index in [0.717, 1.165) is 0 Å². The van der Waals surface area contributed by atoms with Crippen molar-refractivity contribution < 1.29 is 22.7 Å². The molecule has 2 aliphatic rings. The molecule has 3 N–H and O–H groups in total. The smallest absolute Gasteiger partial charge is 0.228 e. The third-order valence-electron chi connectivity index (χ3n) is 3.58. The summed E-state index contributed by atoms with van der Waals surface area (Å²) < 4.78 is 33.7. The third-order valence-corrected chi connectivity index (χ3v) is 5.34. The fourth-order valence-electron chi connectivity index (χ4n) is 2.45. The van der Waals surface area contributed by atoms with Gasteiger partial charge < -0.3 is 20.5 Å². The number of nitrogens with two attached hydrogens (primary N) is 1. The quantitative estimate of drug-likeness (QED) is 0.766. The van der Waals surface area contributed by atoms with E-state index in [9.17, 15) is 13.2 Å². The minimum atomic E-state index is -3.09. The second kappa shape index (κ2) is 5.10. The summed E-state index contributed by atoms with van der Waals surface area (Å²) >= 11 is 0. The Morgan fingerprint density at radius 3 is 2.52 bits per heavy atom. The van der Waals surface area contributed by atoms with Crippen LogP contribution in [0.3, 0.4) is 0 Å². The Hall–Kier alpha value is -1.96. The van der Waals surface area contributed by atoms with E-state index in [1.165, 1.54) is 0 Å². The number of sulfone groups is 1. The highest BCUT2D eigenvalue weighted by Gasteiger charge is 2.33. The number of fused-ring (bicyclic) bond motifs is 1. The van der Waals surface area contributed by atoms with E-state index < -0.39 is 15.8 Å². The van der Waals surface area contributed by atoms with Gasteiger partial charge in [0, 0.05) is 12.1 Å². The van der Waals surface area contributed by atoms with Gasteiger partial charge in [0.15, 0.2) is 21.3 Å². The molecule has 1 unspecified atom stereocenters. The highest BCUT2D eigenvalue weighted by Crippen LogP contribution is 2.37. The Balaban J connectivity index is 1.77. The predicted molar refractivity (Wildman–Crippen MR) is 77.2 cm³/mol. The van der Waals surface area contributed by atoms with Crippen LogP contribution >= 0.6 is 0 Å². The van der Waals surface area contributed by atoms with Gasteiger partial charge in [0.2, 0.25) is 5.91 Å². The first-order chi connectivity index (χ1) is 9.94. The summed E-state index contributed by atoms with van der Waals surface area (Å²) in [5.41, 5.74) is 6.64. The number of rotatable bonds is 2. The van der Waals surface area contributed by atoms with Crippen LogP contribution in [0.25, 0.3) is 0 Å². The van der Waals surface area contributed by atoms with Crippen molar-refractivity contribution in [1.82, 2.24) is 0 Å². The summed E-state index contributed by atoms with van der Waals surface area (Å²) in [7, 11) is -3.09. The molecule has 0 aliphatic carbocycles. The van der Waals surface area contributed by atoms with E-state index in [0.29, 0.717) is 42.5 Å². The topological polar surface area (TPSA) is 108 Å². The maximum absolute atomic E-state index is 12.1. The molecule has 1 aromatic rings. The Kier molecular flexibility index (Phi) is 3.40. The number of amides is 1. The average Bonchev–Trinajstić information content (AvgIpc) is 2.80. The summed E-state index contributed by atoms with van der Waals surface area (Å²) in [6, 6.07) is 3.20. The number of nitrogen functional groups attached to an aromatic ring is 1. The SMILES string of the molecule is Nc1cc2c(cc1NC(=O)C1CCS(=O)(=O)C1)OCCO2. The molecule has 2 aliphatic heterocycles. The van der Waals surface area contributed by atoms with Gasteiger partial charge in [-0.3, -0.25) is 4.79 Å². The van der Waals surface area contributed by atoms with Gasteiger partial charge in [-0.25, -0.2) is 8.42 Å². The van der Waals surface area contributed by atoms with E-state index in [1.54, 1.807) is 12.1 Å². The molecule has 8 heteroatoms. The first-order valence-electron chi connectivity index (χ1n) is 6.65. The Morgan fingerprint density at radius 1 is 1.24 bits per heavy atom. The summed E-state index contributed by atoms with van der Waals surface area (Å²) in [4.78, 5) is 12.1. The van der Waals surface area contributed by atoms with E-state index in [1.807, 2.05) is 0 Å². The molecular formula is C13H16N2O5S. The third kappa shape index (κ3) is 2.90. The van der Waals surface area contributed by atoms with Crippen LogP contribution in [-0.4, -0.2) is 39.0 Å². The van der Waals surface area contributed by atoms with Crippen LogP contribution in [-0.2, 0) is 14.6 Å². The van der Waals surface area contributed by atoms with Crippen molar-refractivity contribution in [2.75, 3.05) is 35.8 Å². The van der Waals surface area contributed by atoms with Crippen molar-refractivity contribution in [1.29, 1.82) is 0 Å². The zero-order valence-corrected chi connectivity index (χ0v) is 12.1. The van der Waals surface area contributed by atoms with Gasteiger partial charge in [-0.2, -0.15) is 0 Å². The van der Waals surface area contributed by atoms with Gasteiger partial charge in [0.05, 0.1) is 28.8 Å². The van der Waals surface area contributed by atoms with Crippen LogP contribution in [0.15, 0.2) is 12.1 Å². The molecule has 0 bridgehead atoms.